The van der Waals surface area contributed by atoms with Gasteiger partial charge in [-0.3, -0.25) is 38.7 Å². The van der Waals surface area contributed by atoms with Crippen LogP contribution in [0.5, 0.6) is 0 Å². The van der Waals surface area contributed by atoms with Crippen LogP contribution in [0.2, 0.25) is 0 Å². The Labute approximate surface area is 493 Å². The largest absolute Gasteiger partial charge is 0.379 e. The van der Waals surface area contributed by atoms with E-state index in [4.69, 9.17) is 9.47 Å². The van der Waals surface area contributed by atoms with Gasteiger partial charge in [0.25, 0.3) is 11.8 Å². The molecule has 8 rings (SSSR count). The Morgan fingerprint density at radius 3 is 1.32 bits per heavy atom. The molecule has 2 saturated heterocycles. The van der Waals surface area contributed by atoms with Crippen molar-refractivity contribution in [2.45, 2.75) is 153 Å². The summed E-state index contributed by atoms with van der Waals surface area (Å²) in [5.74, 6) is -2.86. The van der Waals surface area contributed by atoms with Crippen LogP contribution in [0, 0.1) is 23.5 Å². The number of nitrogens with zero attached hydrogens (tertiary/aromatic N) is 4. The number of pyridine rings is 2. The number of likely N-dealkylation sites (N-methyl/N-ethyl adjacent to an activating group) is 2. The molecule has 0 bridgehead atoms. The number of halogens is 2. The van der Waals surface area contributed by atoms with Gasteiger partial charge in [-0.1, -0.05) is 50.7 Å². The van der Waals surface area contributed by atoms with E-state index in [-0.39, 0.29) is 71.8 Å². The summed E-state index contributed by atoms with van der Waals surface area (Å²) in [6.45, 7) is 6.42. The zero-order chi connectivity index (χ0) is 59.5. The third-order valence-corrected chi connectivity index (χ3v) is 17.3. The molecule has 18 nitrogen and oxygen atoms in total. The van der Waals surface area contributed by atoms with Crippen LogP contribution in [0.25, 0.3) is 22.3 Å². The number of aromatic nitrogens is 2. The first-order valence-corrected chi connectivity index (χ1v) is 30.5. The maximum atomic E-state index is 15.2. The Morgan fingerprint density at radius 2 is 0.929 bits per heavy atom. The van der Waals surface area contributed by atoms with Gasteiger partial charge in [-0.2, -0.15) is 0 Å². The standard InChI is InChI=1S/C64H86F2N10O8/c1-41(67-3)59(77)73-57(43-15-7-5-8-16-43)63(81)75-27-11-19-55(75)49-33-47(37-69-39-49)45-21-23-53(65)51(35-45)61(79)71-25-13-29-83-31-32-84-30-14-26-72-62(80)52-36-46(22-24-54(52)66)48-34-50(40-70-38-48)56-20-12-28-76(56)64(82)58(44-17-9-6-10-18-44)74-60(78)42(2)68-4/h21-24,33-44,55-58,67-68H,5-20,25-32H2,1-4H3,(H,71,79)(H,72,80)(H,73,77)(H,74,78)/t41-,42-,55-,56-,57-,58-/m0/s1. The predicted octanol–water partition coefficient (Wildman–Crippen LogP) is 7.74. The minimum absolute atomic E-state index is 0.0675. The first-order valence-electron chi connectivity index (χ1n) is 30.5. The molecule has 4 fully saturated rings. The summed E-state index contributed by atoms with van der Waals surface area (Å²) in [6, 6.07) is 10.1. The number of hydrogen-bond donors (Lipinski definition) is 6. The van der Waals surface area contributed by atoms with Crippen LogP contribution in [0.3, 0.4) is 0 Å². The lowest BCUT2D eigenvalue weighted by Crippen LogP contribution is -2.55. The third-order valence-electron chi connectivity index (χ3n) is 17.3. The second-order valence-electron chi connectivity index (χ2n) is 23.0. The lowest BCUT2D eigenvalue weighted by Gasteiger charge is -2.35. The molecule has 84 heavy (non-hydrogen) atoms. The number of hydrogen-bond acceptors (Lipinski definition) is 12. The van der Waals surface area contributed by atoms with Crippen molar-refractivity contribution in [2.24, 2.45) is 11.8 Å². The topological polar surface area (TPSA) is 225 Å². The Morgan fingerprint density at radius 1 is 0.524 bits per heavy atom. The third kappa shape index (κ3) is 16.6. The number of ether oxygens (including phenoxy) is 2. The summed E-state index contributed by atoms with van der Waals surface area (Å²) in [5, 5.41) is 17.7. The molecule has 2 saturated carbocycles. The molecule has 2 aromatic carbocycles. The molecule has 6 atom stereocenters. The average Bonchev–Trinajstić information content (AvgIpc) is 2.68. The summed E-state index contributed by atoms with van der Waals surface area (Å²) in [6.07, 6.45) is 20.8. The summed E-state index contributed by atoms with van der Waals surface area (Å²) in [4.78, 5) is 94.1. The van der Waals surface area contributed by atoms with Crippen LogP contribution >= 0.6 is 0 Å². The molecule has 0 spiro atoms. The fraction of sp³-hybridized carbons (Fsp3) is 0.562. The van der Waals surface area contributed by atoms with Crippen molar-refractivity contribution in [2.75, 3.05) is 66.7 Å². The van der Waals surface area contributed by atoms with E-state index in [0.29, 0.717) is 74.6 Å². The van der Waals surface area contributed by atoms with Gasteiger partial charge in [0.05, 0.1) is 48.5 Å². The molecule has 4 heterocycles. The predicted molar refractivity (Wildman–Crippen MR) is 316 cm³/mol. The molecule has 454 valence electrons. The first-order chi connectivity index (χ1) is 40.8. The van der Waals surface area contributed by atoms with Crippen molar-refractivity contribution >= 4 is 35.4 Å². The fourth-order valence-corrected chi connectivity index (χ4v) is 12.2. The van der Waals surface area contributed by atoms with E-state index < -0.39 is 47.6 Å². The Hall–Kier alpha value is -6.74. The van der Waals surface area contributed by atoms with E-state index >= 15 is 8.78 Å². The number of amides is 6. The molecule has 0 radical (unpaired) electrons. The second kappa shape index (κ2) is 31.4. The van der Waals surface area contributed by atoms with Gasteiger partial charge in [0.1, 0.15) is 23.7 Å². The first kappa shape index (κ1) is 63.3. The maximum Gasteiger partial charge on any atom is 0.254 e. The fourth-order valence-electron chi connectivity index (χ4n) is 12.2. The van der Waals surface area contributed by atoms with E-state index in [1.807, 2.05) is 21.9 Å². The Bertz CT molecular complexity index is 2690. The van der Waals surface area contributed by atoms with E-state index in [9.17, 15) is 28.8 Å². The highest BCUT2D eigenvalue weighted by molar-refractivity contribution is 5.97. The molecule has 6 amide bonds. The highest BCUT2D eigenvalue weighted by Crippen LogP contribution is 2.39. The van der Waals surface area contributed by atoms with Crippen molar-refractivity contribution < 1.29 is 47.0 Å². The number of carbonyl (C=O) groups is 6. The van der Waals surface area contributed by atoms with E-state index in [1.165, 1.54) is 24.3 Å². The normalized spacial score (nSPS) is 19.1. The molecular formula is C64H86F2N10O8. The highest BCUT2D eigenvalue weighted by atomic mass is 19.1. The molecule has 20 heteroatoms. The SMILES string of the molecule is CN[C@@H](C)C(=O)N[C@H](C(=O)N1CCC[C@H]1c1cncc(-c2ccc(F)c(C(=O)NCCCOCCOCCCNC(=O)c3cc(-c4cncc([C@@H]5CCCN5C(=O)[C@@H](NC(=O)[C@H](C)NC)C5CCCCC5)c4)ccc3F)c2)c1)C1CCCCC1. The molecule has 2 aliphatic heterocycles. The minimum atomic E-state index is -0.660. The highest BCUT2D eigenvalue weighted by Gasteiger charge is 2.41. The van der Waals surface area contributed by atoms with Crippen molar-refractivity contribution in [3.05, 3.63) is 107 Å². The minimum Gasteiger partial charge on any atom is -0.379 e. The number of nitrogens with one attached hydrogen (secondary N) is 6. The lowest BCUT2D eigenvalue weighted by atomic mass is 9.83. The number of likely N-dealkylation sites (tertiary alicyclic amines) is 2. The van der Waals surface area contributed by atoms with E-state index in [2.05, 4.69) is 41.9 Å². The van der Waals surface area contributed by atoms with E-state index in [0.717, 1.165) is 101 Å². The summed E-state index contributed by atoms with van der Waals surface area (Å²) in [5.41, 5.74) is 4.03. The quantitative estimate of drug-likeness (QED) is 0.0316. The van der Waals surface area contributed by atoms with Crippen molar-refractivity contribution in [1.29, 1.82) is 0 Å². The second-order valence-corrected chi connectivity index (χ2v) is 23.0. The van der Waals surface area contributed by atoms with Gasteiger partial charge < -0.3 is 51.2 Å². The smallest absolute Gasteiger partial charge is 0.254 e. The van der Waals surface area contributed by atoms with Gasteiger partial charge in [0.2, 0.25) is 23.6 Å². The molecule has 2 aromatic heterocycles. The van der Waals surface area contributed by atoms with Gasteiger partial charge >= 0.3 is 0 Å². The number of carbonyl (C=O) groups excluding carboxylic acids is 6. The Kier molecular flexibility index (Phi) is 23.7. The van der Waals surface area contributed by atoms with Gasteiger partial charge in [0, 0.05) is 75.3 Å². The number of benzene rings is 2. The lowest BCUT2D eigenvalue weighted by molar-refractivity contribution is -0.139. The average molecular weight is 1160 g/mol. The molecule has 4 aromatic rings. The zero-order valence-electron chi connectivity index (χ0n) is 49.3. The zero-order valence-corrected chi connectivity index (χ0v) is 49.3. The van der Waals surface area contributed by atoms with Crippen LogP contribution in [0.15, 0.2) is 73.3 Å². The summed E-state index contributed by atoms with van der Waals surface area (Å²) in [7, 11) is 3.45. The van der Waals surface area contributed by atoms with Crippen LogP contribution in [-0.4, -0.2) is 146 Å². The maximum absolute atomic E-state index is 15.2. The number of rotatable bonds is 27. The van der Waals surface area contributed by atoms with Crippen LogP contribution < -0.4 is 31.9 Å². The van der Waals surface area contributed by atoms with Gasteiger partial charge in [-0.25, -0.2) is 8.78 Å². The van der Waals surface area contributed by atoms with Crippen LogP contribution in [0.4, 0.5) is 8.78 Å². The molecule has 6 N–H and O–H groups in total. The van der Waals surface area contributed by atoms with Crippen LogP contribution in [-0.2, 0) is 28.7 Å². The van der Waals surface area contributed by atoms with Gasteiger partial charge in [-0.05, 0) is 163 Å². The van der Waals surface area contributed by atoms with Crippen molar-refractivity contribution in [1.82, 2.24) is 51.7 Å². The molecular weight excluding hydrogens is 1070 g/mol. The summed E-state index contributed by atoms with van der Waals surface area (Å²) < 4.78 is 41.7. The molecule has 2 aliphatic carbocycles. The van der Waals surface area contributed by atoms with Gasteiger partial charge in [-0.15, -0.1) is 0 Å². The van der Waals surface area contributed by atoms with Crippen molar-refractivity contribution in [3.8, 4) is 22.3 Å². The van der Waals surface area contributed by atoms with Gasteiger partial charge in [0.15, 0.2) is 0 Å². The molecule has 4 aliphatic rings. The molecule has 0 unspecified atom stereocenters. The Balaban J connectivity index is 0.742. The van der Waals surface area contributed by atoms with Crippen molar-refractivity contribution in [3.63, 3.8) is 0 Å². The summed E-state index contributed by atoms with van der Waals surface area (Å²) >= 11 is 0. The van der Waals surface area contributed by atoms with E-state index in [1.54, 1.807) is 64.9 Å². The monoisotopic (exact) mass is 1160 g/mol. The van der Waals surface area contributed by atoms with Crippen LogP contribution in [0.1, 0.15) is 161 Å².